The molecular formula is C18H27N. The van der Waals surface area contributed by atoms with Crippen LogP contribution >= 0.6 is 0 Å². The fourth-order valence-electron chi connectivity index (χ4n) is 3.90. The summed E-state index contributed by atoms with van der Waals surface area (Å²) < 4.78 is 0. The van der Waals surface area contributed by atoms with Gasteiger partial charge in [0.1, 0.15) is 0 Å². The SMILES string of the molecule is CC1CCCC(NC(C)c2ccc3c(c2)CCC3)C1. The van der Waals surface area contributed by atoms with Gasteiger partial charge in [-0.1, -0.05) is 38.0 Å². The number of rotatable bonds is 3. The topological polar surface area (TPSA) is 12.0 Å². The molecule has 1 heteroatoms. The predicted octanol–water partition coefficient (Wildman–Crippen LogP) is 4.40. The van der Waals surface area contributed by atoms with Crippen molar-refractivity contribution >= 4 is 0 Å². The van der Waals surface area contributed by atoms with E-state index in [1.165, 1.54) is 50.5 Å². The molecule has 19 heavy (non-hydrogen) atoms. The van der Waals surface area contributed by atoms with Crippen LogP contribution in [0.25, 0.3) is 0 Å². The zero-order chi connectivity index (χ0) is 13.2. The highest BCUT2D eigenvalue weighted by atomic mass is 14.9. The number of fused-ring (bicyclic) bond motifs is 1. The molecule has 0 radical (unpaired) electrons. The van der Waals surface area contributed by atoms with Gasteiger partial charge in [0.15, 0.2) is 0 Å². The summed E-state index contributed by atoms with van der Waals surface area (Å²) in [5.74, 6) is 0.901. The molecule has 3 unspecified atom stereocenters. The third kappa shape index (κ3) is 3.02. The molecule has 0 aromatic heterocycles. The van der Waals surface area contributed by atoms with Gasteiger partial charge in [-0.2, -0.15) is 0 Å². The van der Waals surface area contributed by atoms with Crippen LogP contribution in [0.15, 0.2) is 18.2 Å². The largest absolute Gasteiger partial charge is 0.307 e. The van der Waals surface area contributed by atoms with Crippen molar-refractivity contribution in [1.29, 1.82) is 0 Å². The molecule has 1 saturated carbocycles. The molecule has 0 heterocycles. The Labute approximate surface area is 117 Å². The van der Waals surface area contributed by atoms with E-state index in [9.17, 15) is 0 Å². The molecule has 1 fully saturated rings. The minimum atomic E-state index is 0.501. The minimum Gasteiger partial charge on any atom is -0.307 e. The highest BCUT2D eigenvalue weighted by Crippen LogP contribution is 2.28. The molecule has 1 aromatic carbocycles. The maximum atomic E-state index is 3.86. The Balaban J connectivity index is 1.65. The summed E-state index contributed by atoms with van der Waals surface area (Å²) in [6.45, 7) is 4.73. The molecule has 0 aliphatic heterocycles. The Morgan fingerprint density at radius 3 is 2.79 bits per heavy atom. The van der Waals surface area contributed by atoms with Gasteiger partial charge in [-0.15, -0.1) is 0 Å². The van der Waals surface area contributed by atoms with E-state index in [2.05, 4.69) is 37.4 Å². The summed E-state index contributed by atoms with van der Waals surface area (Å²) in [6.07, 6.45) is 9.46. The van der Waals surface area contributed by atoms with E-state index in [-0.39, 0.29) is 0 Å². The highest BCUT2D eigenvalue weighted by molar-refractivity contribution is 5.36. The molecule has 1 nitrogen and oxygen atoms in total. The molecule has 3 atom stereocenters. The van der Waals surface area contributed by atoms with Crippen LogP contribution in [0, 0.1) is 5.92 Å². The Bertz CT molecular complexity index is 437. The third-order valence-electron chi connectivity index (χ3n) is 5.04. The smallest absolute Gasteiger partial charge is 0.0294 e. The number of benzene rings is 1. The van der Waals surface area contributed by atoms with E-state index in [0.717, 1.165) is 12.0 Å². The lowest BCUT2D eigenvalue weighted by atomic mass is 9.86. The van der Waals surface area contributed by atoms with Crippen molar-refractivity contribution in [2.75, 3.05) is 0 Å². The van der Waals surface area contributed by atoms with Crippen LogP contribution in [0.4, 0.5) is 0 Å². The van der Waals surface area contributed by atoms with E-state index in [1.54, 1.807) is 11.1 Å². The first-order chi connectivity index (χ1) is 9.22. The second-order valence-electron chi connectivity index (χ2n) is 6.74. The molecule has 0 saturated heterocycles. The van der Waals surface area contributed by atoms with E-state index in [4.69, 9.17) is 0 Å². The summed E-state index contributed by atoms with van der Waals surface area (Å²) in [7, 11) is 0. The van der Waals surface area contributed by atoms with E-state index >= 15 is 0 Å². The van der Waals surface area contributed by atoms with Crippen molar-refractivity contribution in [3.63, 3.8) is 0 Å². The Morgan fingerprint density at radius 2 is 1.95 bits per heavy atom. The first kappa shape index (κ1) is 13.2. The average molecular weight is 257 g/mol. The summed E-state index contributed by atoms with van der Waals surface area (Å²) in [6, 6.07) is 8.38. The van der Waals surface area contributed by atoms with E-state index in [1.807, 2.05) is 0 Å². The van der Waals surface area contributed by atoms with E-state index in [0.29, 0.717) is 6.04 Å². The molecule has 1 N–H and O–H groups in total. The van der Waals surface area contributed by atoms with Gasteiger partial charge >= 0.3 is 0 Å². The average Bonchev–Trinajstić information content (AvgIpc) is 2.85. The predicted molar refractivity (Wildman–Crippen MR) is 81.4 cm³/mol. The number of aryl methyl sites for hydroxylation is 2. The third-order valence-corrected chi connectivity index (χ3v) is 5.04. The number of hydrogen-bond acceptors (Lipinski definition) is 1. The number of hydrogen-bond donors (Lipinski definition) is 1. The molecule has 0 bridgehead atoms. The van der Waals surface area contributed by atoms with Crippen LogP contribution in [0.3, 0.4) is 0 Å². The Morgan fingerprint density at radius 1 is 1.11 bits per heavy atom. The molecule has 0 amide bonds. The van der Waals surface area contributed by atoms with Gasteiger partial charge in [0.05, 0.1) is 0 Å². The fourth-order valence-corrected chi connectivity index (χ4v) is 3.90. The van der Waals surface area contributed by atoms with Gasteiger partial charge < -0.3 is 5.32 Å². The normalized spacial score (nSPS) is 28.1. The molecular weight excluding hydrogens is 230 g/mol. The van der Waals surface area contributed by atoms with Crippen molar-refractivity contribution in [2.24, 2.45) is 5.92 Å². The van der Waals surface area contributed by atoms with Crippen molar-refractivity contribution < 1.29 is 0 Å². The molecule has 2 aliphatic rings. The van der Waals surface area contributed by atoms with Crippen LogP contribution in [0.2, 0.25) is 0 Å². The van der Waals surface area contributed by atoms with Crippen LogP contribution < -0.4 is 5.32 Å². The van der Waals surface area contributed by atoms with E-state index < -0.39 is 0 Å². The Hall–Kier alpha value is -0.820. The Kier molecular flexibility index (Phi) is 3.93. The lowest BCUT2D eigenvalue weighted by molar-refractivity contribution is 0.285. The summed E-state index contributed by atoms with van der Waals surface area (Å²) >= 11 is 0. The van der Waals surface area contributed by atoms with Crippen molar-refractivity contribution in [2.45, 2.75) is 70.9 Å². The molecule has 2 aliphatic carbocycles. The second-order valence-corrected chi connectivity index (χ2v) is 6.74. The van der Waals surface area contributed by atoms with Crippen molar-refractivity contribution in [3.05, 3.63) is 34.9 Å². The zero-order valence-electron chi connectivity index (χ0n) is 12.4. The van der Waals surface area contributed by atoms with Gasteiger partial charge in [0.2, 0.25) is 0 Å². The molecule has 1 aromatic rings. The van der Waals surface area contributed by atoms with Crippen LogP contribution in [-0.4, -0.2) is 6.04 Å². The molecule has 3 rings (SSSR count). The highest BCUT2D eigenvalue weighted by Gasteiger charge is 2.21. The van der Waals surface area contributed by atoms with Gasteiger partial charge in [-0.05, 0) is 61.6 Å². The van der Waals surface area contributed by atoms with Gasteiger partial charge in [-0.25, -0.2) is 0 Å². The summed E-state index contributed by atoms with van der Waals surface area (Å²) in [5.41, 5.74) is 4.67. The first-order valence-corrected chi connectivity index (χ1v) is 8.10. The van der Waals surface area contributed by atoms with Crippen LogP contribution in [0.5, 0.6) is 0 Å². The van der Waals surface area contributed by atoms with Crippen molar-refractivity contribution in [1.82, 2.24) is 5.32 Å². The maximum Gasteiger partial charge on any atom is 0.0294 e. The lowest BCUT2D eigenvalue weighted by Crippen LogP contribution is -2.35. The standard InChI is InChI=1S/C18H27N/c1-13-5-3-8-18(11-13)19-14(2)16-10-9-15-6-4-7-17(15)12-16/h9-10,12-14,18-19H,3-8,11H2,1-2H3. The summed E-state index contributed by atoms with van der Waals surface area (Å²) in [4.78, 5) is 0. The maximum absolute atomic E-state index is 3.86. The van der Waals surface area contributed by atoms with Gasteiger partial charge in [0.25, 0.3) is 0 Å². The zero-order valence-corrected chi connectivity index (χ0v) is 12.4. The van der Waals surface area contributed by atoms with Gasteiger partial charge in [0, 0.05) is 12.1 Å². The quantitative estimate of drug-likeness (QED) is 0.846. The summed E-state index contributed by atoms with van der Waals surface area (Å²) in [5, 5.41) is 3.86. The lowest BCUT2D eigenvalue weighted by Gasteiger charge is -2.30. The molecule has 104 valence electrons. The monoisotopic (exact) mass is 257 g/mol. The second kappa shape index (κ2) is 5.66. The van der Waals surface area contributed by atoms with Crippen molar-refractivity contribution in [3.8, 4) is 0 Å². The first-order valence-electron chi connectivity index (χ1n) is 8.10. The fraction of sp³-hybridized carbons (Fsp3) is 0.667. The minimum absolute atomic E-state index is 0.501. The number of nitrogens with one attached hydrogen (secondary N) is 1. The molecule has 0 spiro atoms. The van der Waals surface area contributed by atoms with Crippen LogP contribution in [0.1, 0.15) is 68.7 Å². The van der Waals surface area contributed by atoms with Crippen LogP contribution in [-0.2, 0) is 12.8 Å². The van der Waals surface area contributed by atoms with Gasteiger partial charge in [-0.3, -0.25) is 0 Å².